The van der Waals surface area contributed by atoms with Crippen LogP contribution in [0.15, 0.2) is 23.6 Å². The van der Waals surface area contributed by atoms with Gasteiger partial charge in [-0.15, -0.1) is 11.3 Å². The number of carbonyl (C=O) groups excluding carboxylic acids is 3. The third-order valence-electron chi connectivity index (χ3n) is 6.27. The van der Waals surface area contributed by atoms with Crippen molar-refractivity contribution in [2.45, 2.75) is 46.1 Å². The highest BCUT2D eigenvalue weighted by atomic mass is 32.1. The third-order valence-corrected chi connectivity index (χ3v) is 7.22. The minimum absolute atomic E-state index is 0.0944. The first-order chi connectivity index (χ1) is 15.4. The number of amides is 3. The number of rotatable bonds is 7. The fourth-order valence-corrected chi connectivity index (χ4v) is 5.31. The van der Waals surface area contributed by atoms with E-state index in [2.05, 4.69) is 16.8 Å². The van der Waals surface area contributed by atoms with E-state index in [4.69, 9.17) is 0 Å². The van der Waals surface area contributed by atoms with Crippen LogP contribution in [0.3, 0.4) is 0 Å². The lowest BCUT2D eigenvalue weighted by Gasteiger charge is -2.36. The Morgan fingerprint density at radius 2 is 2.09 bits per heavy atom. The van der Waals surface area contributed by atoms with Crippen LogP contribution in [-0.4, -0.2) is 59.2 Å². The molecule has 0 N–H and O–H groups in total. The molecule has 0 spiro atoms. The van der Waals surface area contributed by atoms with Gasteiger partial charge in [0.05, 0.1) is 29.3 Å². The van der Waals surface area contributed by atoms with Crippen molar-refractivity contribution in [3.05, 3.63) is 45.4 Å². The van der Waals surface area contributed by atoms with Gasteiger partial charge in [-0.05, 0) is 38.3 Å². The van der Waals surface area contributed by atoms with Crippen molar-refractivity contribution in [2.24, 2.45) is 5.92 Å². The maximum Gasteiger partial charge on any atom is 0.264 e. The molecule has 4 rings (SSSR count). The number of nitrogens with zero attached hydrogens (tertiary/aromatic N) is 4. The topological polar surface area (TPSA) is 73.8 Å². The van der Waals surface area contributed by atoms with Gasteiger partial charge in [-0.2, -0.15) is 0 Å². The van der Waals surface area contributed by atoms with Crippen LogP contribution in [0.25, 0.3) is 0 Å². The number of benzene rings is 1. The average molecular weight is 455 g/mol. The summed E-state index contributed by atoms with van der Waals surface area (Å²) in [6.45, 7) is 6.31. The SMILES string of the molecule is CCCCN(C)C(=O)[C@@H]1CCCN(c2cccc3c2C(=O)N(Cc2nc(C)cs2)C3=O)C1. The molecule has 170 valence electrons. The van der Waals surface area contributed by atoms with Crippen LogP contribution in [-0.2, 0) is 11.3 Å². The zero-order valence-corrected chi connectivity index (χ0v) is 19.8. The van der Waals surface area contributed by atoms with Gasteiger partial charge < -0.3 is 9.80 Å². The van der Waals surface area contributed by atoms with E-state index < -0.39 is 0 Å². The number of unbranched alkanes of at least 4 members (excludes halogenated alkanes) is 1. The molecule has 0 saturated carbocycles. The van der Waals surface area contributed by atoms with Gasteiger partial charge in [0.25, 0.3) is 11.8 Å². The van der Waals surface area contributed by atoms with E-state index >= 15 is 0 Å². The van der Waals surface area contributed by atoms with Crippen molar-refractivity contribution in [2.75, 3.05) is 31.6 Å². The molecule has 0 aliphatic carbocycles. The monoisotopic (exact) mass is 454 g/mol. The lowest BCUT2D eigenvalue weighted by molar-refractivity contribution is -0.134. The molecule has 3 amide bonds. The first kappa shape index (κ1) is 22.5. The van der Waals surface area contributed by atoms with Crippen molar-refractivity contribution in [3.63, 3.8) is 0 Å². The molecule has 2 aliphatic heterocycles. The molecule has 7 nitrogen and oxygen atoms in total. The standard InChI is InChI=1S/C24H30N4O3S/c1-4-5-11-26(3)22(29)17-8-7-12-27(13-17)19-10-6-9-18-21(19)24(31)28(23(18)30)14-20-25-16(2)15-32-20/h6,9-10,15,17H,4-5,7-8,11-14H2,1-3H3/t17-/m1/s1. The molecule has 1 fully saturated rings. The molecule has 3 heterocycles. The second kappa shape index (κ2) is 9.40. The van der Waals surface area contributed by atoms with E-state index in [1.165, 1.54) is 16.2 Å². The zero-order chi connectivity index (χ0) is 22.8. The summed E-state index contributed by atoms with van der Waals surface area (Å²) in [4.78, 5) is 48.9. The summed E-state index contributed by atoms with van der Waals surface area (Å²) in [6, 6.07) is 5.45. The van der Waals surface area contributed by atoms with Crippen LogP contribution in [0.5, 0.6) is 0 Å². The van der Waals surface area contributed by atoms with E-state index in [9.17, 15) is 14.4 Å². The van der Waals surface area contributed by atoms with Crippen LogP contribution in [0.1, 0.15) is 64.0 Å². The molecule has 0 radical (unpaired) electrons. The molecule has 1 aromatic carbocycles. The van der Waals surface area contributed by atoms with Crippen LogP contribution in [0, 0.1) is 12.8 Å². The Balaban J connectivity index is 1.55. The smallest absolute Gasteiger partial charge is 0.264 e. The predicted octanol–water partition coefficient (Wildman–Crippen LogP) is 3.72. The Hall–Kier alpha value is -2.74. The largest absolute Gasteiger partial charge is 0.370 e. The van der Waals surface area contributed by atoms with Gasteiger partial charge in [-0.25, -0.2) is 4.98 Å². The van der Waals surface area contributed by atoms with Crippen molar-refractivity contribution in [1.29, 1.82) is 0 Å². The highest BCUT2D eigenvalue weighted by Gasteiger charge is 2.40. The fraction of sp³-hybridized carbons (Fsp3) is 0.500. The Bertz CT molecular complexity index is 1030. The Labute approximate surface area is 193 Å². The van der Waals surface area contributed by atoms with Gasteiger partial charge in [0.1, 0.15) is 5.01 Å². The normalized spacial score (nSPS) is 18.3. The first-order valence-corrected chi connectivity index (χ1v) is 12.2. The number of aromatic nitrogens is 1. The molecule has 1 aromatic heterocycles. The average Bonchev–Trinajstić information content (AvgIpc) is 3.33. The summed E-state index contributed by atoms with van der Waals surface area (Å²) in [5.74, 6) is -0.479. The minimum atomic E-state index is -0.276. The molecule has 0 unspecified atom stereocenters. The number of aryl methyl sites for hydroxylation is 1. The van der Waals surface area contributed by atoms with Crippen molar-refractivity contribution in [3.8, 4) is 0 Å². The number of thiazole rings is 1. The van der Waals surface area contributed by atoms with Crippen molar-refractivity contribution in [1.82, 2.24) is 14.8 Å². The lowest BCUT2D eigenvalue weighted by atomic mass is 9.95. The number of imide groups is 1. The van der Waals surface area contributed by atoms with Crippen molar-refractivity contribution < 1.29 is 14.4 Å². The van der Waals surface area contributed by atoms with Gasteiger partial charge in [-0.3, -0.25) is 19.3 Å². The molecule has 0 bridgehead atoms. The summed E-state index contributed by atoms with van der Waals surface area (Å²) in [7, 11) is 1.87. The van der Waals surface area contributed by atoms with Crippen LogP contribution in [0.4, 0.5) is 5.69 Å². The van der Waals surface area contributed by atoms with Crippen molar-refractivity contribution >= 4 is 34.7 Å². The summed E-state index contributed by atoms with van der Waals surface area (Å²) in [5.41, 5.74) is 2.54. The van der Waals surface area contributed by atoms with Gasteiger partial charge in [0, 0.05) is 37.8 Å². The second-order valence-corrected chi connectivity index (χ2v) is 9.62. The van der Waals surface area contributed by atoms with Crippen LogP contribution < -0.4 is 4.90 Å². The van der Waals surface area contributed by atoms with Gasteiger partial charge in [0.2, 0.25) is 5.91 Å². The molecule has 8 heteroatoms. The van der Waals surface area contributed by atoms with Crippen LogP contribution >= 0.6 is 11.3 Å². The Kier molecular flexibility index (Phi) is 6.60. The quantitative estimate of drug-likeness (QED) is 0.596. The first-order valence-electron chi connectivity index (χ1n) is 11.3. The molecule has 32 heavy (non-hydrogen) atoms. The fourth-order valence-electron chi connectivity index (χ4n) is 4.55. The second-order valence-electron chi connectivity index (χ2n) is 8.68. The highest BCUT2D eigenvalue weighted by Crippen LogP contribution is 2.35. The number of fused-ring (bicyclic) bond motifs is 1. The third kappa shape index (κ3) is 4.28. The van der Waals surface area contributed by atoms with E-state index in [1.807, 2.05) is 36.4 Å². The molecule has 1 atom stereocenters. The minimum Gasteiger partial charge on any atom is -0.370 e. The van der Waals surface area contributed by atoms with E-state index in [-0.39, 0.29) is 30.2 Å². The number of carbonyl (C=O) groups is 3. The van der Waals surface area contributed by atoms with E-state index in [1.54, 1.807) is 6.07 Å². The molecule has 2 aromatic rings. The predicted molar refractivity (Wildman–Crippen MR) is 125 cm³/mol. The molecular formula is C24H30N4O3S. The summed E-state index contributed by atoms with van der Waals surface area (Å²) in [6.07, 6.45) is 3.78. The zero-order valence-electron chi connectivity index (χ0n) is 19.0. The maximum absolute atomic E-state index is 13.3. The molecular weight excluding hydrogens is 424 g/mol. The summed E-state index contributed by atoms with van der Waals surface area (Å²) < 4.78 is 0. The number of hydrogen-bond acceptors (Lipinski definition) is 6. The summed E-state index contributed by atoms with van der Waals surface area (Å²) in [5, 5.41) is 2.67. The number of piperidine rings is 1. The Morgan fingerprint density at radius 1 is 1.28 bits per heavy atom. The van der Waals surface area contributed by atoms with Crippen LogP contribution in [0.2, 0.25) is 0 Å². The highest BCUT2D eigenvalue weighted by molar-refractivity contribution is 7.09. The van der Waals surface area contributed by atoms with E-state index in [0.717, 1.165) is 55.2 Å². The summed E-state index contributed by atoms with van der Waals surface area (Å²) >= 11 is 1.45. The molecule has 1 saturated heterocycles. The number of anilines is 1. The van der Waals surface area contributed by atoms with Gasteiger partial charge >= 0.3 is 0 Å². The van der Waals surface area contributed by atoms with E-state index in [0.29, 0.717) is 17.7 Å². The Morgan fingerprint density at radius 3 is 2.81 bits per heavy atom. The molecule has 2 aliphatic rings. The van der Waals surface area contributed by atoms with Gasteiger partial charge in [-0.1, -0.05) is 19.4 Å². The van der Waals surface area contributed by atoms with Gasteiger partial charge in [0.15, 0.2) is 0 Å². The number of hydrogen-bond donors (Lipinski definition) is 0. The lowest BCUT2D eigenvalue weighted by Crippen LogP contribution is -2.44. The maximum atomic E-state index is 13.3.